The predicted molar refractivity (Wildman–Crippen MR) is 93.0 cm³/mol. The molecule has 1 unspecified atom stereocenters. The molecule has 5 nitrogen and oxygen atoms in total. The van der Waals surface area contributed by atoms with Crippen LogP contribution in [-0.2, 0) is 11.2 Å². The summed E-state index contributed by atoms with van der Waals surface area (Å²) in [6.45, 7) is 2.45. The number of fused-ring (bicyclic) bond motifs is 1. The number of hydrogen-bond donors (Lipinski definition) is 2. The maximum atomic E-state index is 12.4. The highest BCUT2D eigenvalue weighted by Gasteiger charge is 2.27. The largest absolute Gasteiger partial charge is 0.494 e. The van der Waals surface area contributed by atoms with E-state index < -0.39 is 0 Å². The first-order chi connectivity index (χ1) is 11.1. The lowest BCUT2D eigenvalue weighted by Crippen LogP contribution is -2.37. The number of ether oxygens (including phenoxy) is 1. The molecule has 2 aromatic rings. The Balaban J connectivity index is 1.73. The third-order valence-electron chi connectivity index (χ3n) is 4.16. The highest BCUT2D eigenvalue weighted by Crippen LogP contribution is 2.32. The first kappa shape index (κ1) is 15.2. The van der Waals surface area contributed by atoms with Gasteiger partial charge in [-0.3, -0.25) is 4.79 Å². The number of methoxy groups -OCH3 is 1. The minimum absolute atomic E-state index is 0.0726. The fourth-order valence-electron chi connectivity index (χ4n) is 3.03. The molecule has 1 heterocycles. The van der Waals surface area contributed by atoms with Crippen LogP contribution >= 0.6 is 0 Å². The van der Waals surface area contributed by atoms with Gasteiger partial charge in [0.2, 0.25) is 5.91 Å². The van der Waals surface area contributed by atoms with Crippen molar-refractivity contribution < 1.29 is 9.53 Å². The quantitative estimate of drug-likeness (QED) is 0.852. The molecule has 0 saturated heterocycles. The summed E-state index contributed by atoms with van der Waals surface area (Å²) in [7, 11) is 1.56. The van der Waals surface area contributed by atoms with Gasteiger partial charge in [-0.15, -0.1) is 0 Å². The fourth-order valence-corrected chi connectivity index (χ4v) is 3.03. The van der Waals surface area contributed by atoms with E-state index in [4.69, 9.17) is 10.5 Å². The summed E-state index contributed by atoms with van der Waals surface area (Å²) in [5, 5.41) is 2.91. The number of nitrogens with two attached hydrogens (primary N) is 1. The molecule has 0 aliphatic carbocycles. The molecule has 120 valence electrons. The van der Waals surface area contributed by atoms with E-state index >= 15 is 0 Å². The molecule has 3 N–H and O–H groups in total. The average molecular weight is 311 g/mol. The zero-order chi connectivity index (χ0) is 16.4. The highest BCUT2D eigenvalue weighted by molar-refractivity contribution is 5.96. The van der Waals surface area contributed by atoms with E-state index in [-0.39, 0.29) is 5.91 Å². The van der Waals surface area contributed by atoms with Crippen molar-refractivity contribution in [2.24, 2.45) is 0 Å². The summed E-state index contributed by atoms with van der Waals surface area (Å²) in [6, 6.07) is 13.7. The standard InChI is InChI=1S/C18H21N3O2/c1-12-9-13-5-3-4-6-16(13)21(12)11-18(22)20-15-8-7-14(19)10-17(15)23-2/h3-8,10,12H,9,11,19H2,1-2H3,(H,20,22). The van der Waals surface area contributed by atoms with Crippen molar-refractivity contribution in [1.82, 2.24) is 0 Å². The van der Waals surface area contributed by atoms with Crippen molar-refractivity contribution in [2.75, 3.05) is 29.6 Å². The van der Waals surface area contributed by atoms with Crippen molar-refractivity contribution in [1.29, 1.82) is 0 Å². The molecular formula is C18H21N3O2. The zero-order valence-electron chi connectivity index (χ0n) is 13.4. The lowest BCUT2D eigenvalue weighted by atomic mass is 10.1. The smallest absolute Gasteiger partial charge is 0.244 e. The molecule has 23 heavy (non-hydrogen) atoms. The highest BCUT2D eigenvalue weighted by atomic mass is 16.5. The van der Waals surface area contributed by atoms with E-state index in [9.17, 15) is 4.79 Å². The van der Waals surface area contributed by atoms with Gasteiger partial charge in [-0.2, -0.15) is 0 Å². The van der Waals surface area contributed by atoms with Gasteiger partial charge in [-0.05, 0) is 37.1 Å². The lowest BCUT2D eigenvalue weighted by Gasteiger charge is -2.24. The summed E-state index contributed by atoms with van der Waals surface area (Å²) in [6.07, 6.45) is 0.967. The number of nitrogens with one attached hydrogen (secondary N) is 1. The number of amides is 1. The first-order valence-corrected chi connectivity index (χ1v) is 7.66. The van der Waals surface area contributed by atoms with E-state index in [1.165, 1.54) is 5.56 Å². The van der Waals surface area contributed by atoms with Gasteiger partial charge in [0.15, 0.2) is 0 Å². The van der Waals surface area contributed by atoms with Gasteiger partial charge in [0.05, 0.1) is 19.3 Å². The van der Waals surface area contributed by atoms with Crippen molar-refractivity contribution in [3.63, 3.8) is 0 Å². The molecule has 1 atom stereocenters. The predicted octanol–water partition coefficient (Wildman–Crippen LogP) is 2.67. The second-order valence-electron chi connectivity index (χ2n) is 5.82. The number of nitrogen functional groups attached to an aromatic ring is 1. The molecule has 0 radical (unpaired) electrons. The number of hydrogen-bond acceptors (Lipinski definition) is 4. The Kier molecular flexibility index (Phi) is 4.10. The Bertz CT molecular complexity index is 730. The van der Waals surface area contributed by atoms with E-state index in [0.717, 1.165) is 12.1 Å². The van der Waals surface area contributed by atoms with Gasteiger partial charge in [-0.1, -0.05) is 18.2 Å². The average Bonchev–Trinajstić information content (AvgIpc) is 2.85. The van der Waals surface area contributed by atoms with Crippen molar-refractivity contribution in [2.45, 2.75) is 19.4 Å². The molecule has 5 heteroatoms. The maximum absolute atomic E-state index is 12.4. The lowest BCUT2D eigenvalue weighted by molar-refractivity contribution is -0.115. The van der Waals surface area contributed by atoms with Crippen LogP contribution in [0.1, 0.15) is 12.5 Å². The second kappa shape index (κ2) is 6.20. The van der Waals surface area contributed by atoms with Crippen molar-refractivity contribution in [3.8, 4) is 5.75 Å². The minimum atomic E-state index is -0.0726. The van der Waals surface area contributed by atoms with Crippen LogP contribution < -0.4 is 20.7 Å². The van der Waals surface area contributed by atoms with Crippen LogP contribution in [0.15, 0.2) is 42.5 Å². The molecule has 0 fully saturated rings. The number of benzene rings is 2. The number of carbonyl (C=O) groups excluding carboxylic acids is 1. The van der Waals surface area contributed by atoms with Crippen LogP contribution in [0.4, 0.5) is 17.1 Å². The number of anilines is 3. The molecule has 0 spiro atoms. The van der Waals surface area contributed by atoms with Gasteiger partial charge >= 0.3 is 0 Å². The molecule has 0 saturated carbocycles. The number of carbonyl (C=O) groups is 1. The SMILES string of the molecule is COc1cc(N)ccc1NC(=O)CN1c2ccccc2CC1C. The number of para-hydroxylation sites is 1. The van der Waals surface area contributed by atoms with Crippen LogP contribution in [0, 0.1) is 0 Å². The third-order valence-corrected chi connectivity index (χ3v) is 4.16. The molecule has 2 aromatic carbocycles. The van der Waals surface area contributed by atoms with Crippen LogP contribution in [0.3, 0.4) is 0 Å². The second-order valence-corrected chi connectivity index (χ2v) is 5.82. The van der Waals surface area contributed by atoms with E-state index in [1.807, 2.05) is 12.1 Å². The van der Waals surface area contributed by atoms with Crippen molar-refractivity contribution >= 4 is 23.0 Å². The summed E-state index contributed by atoms with van der Waals surface area (Å²) in [5.74, 6) is 0.491. The topological polar surface area (TPSA) is 67.6 Å². The first-order valence-electron chi connectivity index (χ1n) is 7.66. The van der Waals surface area contributed by atoms with Crippen LogP contribution in [0.5, 0.6) is 5.75 Å². The molecule has 1 aliphatic heterocycles. The summed E-state index contributed by atoms with van der Waals surface area (Å²) in [4.78, 5) is 14.6. The summed E-state index contributed by atoms with van der Waals surface area (Å²) >= 11 is 0. The van der Waals surface area contributed by atoms with Gasteiger partial charge in [0, 0.05) is 23.5 Å². The zero-order valence-corrected chi connectivity index (χ0v) is 13.4. The van der Waals surface area contributed by atoms with Crippen LogP contribution in [0.25, 0.3) is 0 Å². The van der Waals surface area contributed by atoms with Crippen molar-refractivity contribution in [3.05, 3.63) is 48.0 Å². The summed E-state index contributed by atoms with van der Waals surface area (Å²) < 4.78 is 5.27. The van der Waals surface area contributed by atoms with E-state index in [1.54, 1.807) is 25.3 Å². The minimum Gasteiger partial charge on any atom is -0.494 e. The van der Waals surface area contributed by atoms with Gasteiger partial charge in [0.25, 0.3) is 0 Å². The monoisotopic (exact) mass is 311 g/mol. The van der Waals surface area contributed by atoms with E-state index in [2.05, 4.69) is 29.3 Å². The Morgan fingerprint density at radius 2 is 2.13 bits per heavy atom. The molecule has 1 aliphatic rings. The van der Waals surface area contributed by atoms with Crippen LogP contribution in [0.2, 0.25) is 0 Å². The number of nitrogens with zero attached hydrogens (tertiary/aromatic N) is 1. The molecule has 0 aromatic heterocycles. The van der Waals surface area contributed by atoms with Gasteiger partial charge in [-0.25, -0.2) is 0 Å². The molecule has 0 bridgehead atoms. The Labute approximate surface area is 136 Å². The number of rotatable bonds is 4. The van der Waals surface area contributed by atoms with E-state index in [0.29, 0.717) is 29.7 Å². The van der Waals surface area contributed by atoms with Gasteiger partial charge in [0.1, 0.15) is 5.75 Å². The molecular weight excluding hydrogens is 290 g/mol. The Hall–Kier alpha value is -2.69. The summed E-state index contributed by atoms with van der Waals surface area (Å²) in [5.41, 5.74) is 9.39. The molecule has 3 rings (SSSR count). The molecule has 1 amide bonds. The Morgan fingerprint density at radius 1 is 1.35 bits per heavy atom. The van der Waals surface area contributed by atoms with Crippen LogP contribution in [-0.4, -0.2) is 25.6 Å². The normalized spacial score (nSPS) is 16.1. The Morgan fingerprint density at radius 3 is 2.91 bits per heavy atom. The fraction of sp³-hybridized carbons (Fsp3) is 0.278. The third kappa shape index (κ3) is 3.08. The van der Waals surface area contributed by atoms with Gasteiger partial charge < -0.3 is 20.7 Å². The maximum Gasteiger partial charge on any atom is 0.244 e.